The summed E-state index contributed by atoms with van der Waals surface area (Å²) in [6.45, 7) is 0.137. The van der Waals surface area contributed by atoms with Crippen LogP contribution in [0.25, 0.3) is 11.1 Å². The molecule has 2 heterocycles. The SMILES string of the molecule is COc1ccc(S(=O)(=O)N2CCc3ccccc32)cc1C(=O)OCc1nc2ccccc2o1. The summed E-state index contributed by atoms with van der Waals surface area (Å²) in [6.07, 6.45) is 0.630. The van der Waals surface area contributed by atoms with Crippen LogP contribution in [-0.4, -0.2) is 33.0 Å². The molecule has 8 nitrogen and oxygen atoms in total. The Bertz CT molecular complexity index is 1430. The number of ether oxygens (including phenoxy) is 2. The van der Waals surface area contributed by atoms with Crippen molar-refractivity contribution < 1.29 is 27.1 Å². The fourth-order valence-electron chi connectivity index (χ4n) is 3.88. The highest BCUT2D eigenvalue weighted by atomic mass is 32.2. The van der Waals surface area contributed by atoms with Gasteiger partial charge < -0.3 is 13.9 Å². The van der Waals surface area contributed by atoms with Crippen LogP contribution >= 0.6 is 0 Å². The molecule has 0 atom stereocenters. The van der Waals surface area contributed by atoms with Gasteiger partial charge in [0, 0.05) is 6.54 Å². The zero-order valence-corrected chi connectivity index (χ0v) is 18.5. The van der Waals surface area contributed by atoms with E-state index in [1.54, 1.807) is 24.3 Å². The molecular weight excluding hydrogens is 444 g/mol. The minimum absolute atomic E-state index is 0.00201. The number of oxazole rings is 1. The first kappa shape index (κ1) is 21.0. The molecule has 0 saturated heterocycles. The van der Waals surface area contributed by atoms with E-state index in [1.807, 2.05) is 24.3 Å². The molecule has 0 aliphatic carbocycles. The van der Waals surface area contributed by atoms with Crippen LogP contribution in [0, 0.1) is 0 Å². The Morgan fingerprint density at radius 1 is 1.09 bits per heavy atom. The highest BCUT2D eigenvalue weighted by Crippen LogP contribution is 2.34. The second-order valence-electron chi connectivity index (χ2n) is 7.47. The number of para-hydroxylation sites is 3. The van der Waals surface area contributed by atoms with Crippen LogP contribution in [0.4, 0.5) is 5.69 Å². The molecule has 0 bridgehead atoms. The molecule has 0 fully saturated rings. The standard InChI is InChI=1S/C24H20N2O6S/c1-30-21-11-10-17(33(28,29)26-13-12-16-6-2-4-8-20(16)26)14-18(21)24(27)31-15-23-25-19-7-3-5-9-22(19)32-23/h2-11,14H,12-13,15H2,1H3. The van der Waals surface area contributed by atoms with Crippen LogP contribution in [0.3, 0.4) is 0 Å². The van der Waals surface area contributed by atoms with E-state index in [1.165, 1.54) is 29.6 Å². The predicted octanol–water partition coefficient (Wildman–Crippen LogP) is 3.94. The third-order valence-electron chi connectivity index (χ3n) is 5.49. The largest absolute Gasteiger partial charge is 0.496 e. The molecule has 0 unspecified atom stereocenters. The maximum absolute atomic E-state index is 13.4. The lowest BCUT2D eigenvalue weighted by molar-refractivity contribution is 0.0436. The van der Waals surface area contributed by atoms with Crippen LogP contribution < -0.4 is 9.04 Å². The Morgan fingerprint density at radius 3 is 2.70 bits per heavy atom. The van der Waals surface area contributed by atoms with Crippen LogP contribution in [0.2, 0.25) is 0 Å². The van der Waals surface area contributed by atoms with Crippen molar-refractivity contribution in [2.75, 3.05) is 18.0 Å². The number of sulfonamides is 1. The molecule has 0 N–H and O–H groups in total. The van der Waals surface area contributed by atoms with Gasteiger partial charge in [-0.05, 0) is 48.4 Å². The fraction of sp³-hybridized carbons (Fsp3) is 0.167. The van der Waals surface area contributed by atoms with Crippen molar-refractivity contribution in [3.8, 4) is 5.75 Å². The quantitative estimate of drug-likeness (QED) is 0.399. The molecule has 0 saturated carbocycles. The van der Waals surface area contributed by atoms with Gasteiger partial charge in [0.05, 0.1) is 17.7 Å². The number of esters is 1. The van der Waals surface area contributed by atoms with Crippen molar-refractivity contribution in [3.05, 3.63) is 83.7 Å². The number of methoxy groups -OCH3 is 1. The molecule has 1 aliphatic heterocycles. The highest BCUT2D eigenvalue weighted by Gasteiger charge is 2.31. The summed E-state index contributed by atoms with van der Waals surface area (Å²) in [5.41, 5.74) is 2.85. The summed E-state index contributed by atoms with van der Waals surface area (Å²) in [6, 6.07) is 18.7. The average molecular weight is 464 g/mol. The topological polar surface area (TPSA) is 98.9 Å². The Labute approximate surface area is 190 Å². The zero-order chi connectivity index (χ0) is 23.0. The minimum atomic E-state index is -3.88. The number of carbonyl (C=O) groups is 1. The van der Waals surface area contributed by atoms with Crippen LogP contribution in [0.1, 0.15) is 21.8 Å². The van der Waals surface area contributed by atoms with Gasteiger partial charge in [-0.15, -0.1) is 0 Å². The first-order valence-electron chi connectivity index (χ1n) is 10.3. The van der Waals surface area contributed by atoms with E-state index in [4.69, 9.17) is 13.9 Å². The van der Waals surface area contributed by atoms with Gasteiger partial charge in [-0.1, -0.05) is 30.3 Å². The Hall–Kier alpha value is -3.85. The number of hydrogen-bond acceptors (Lipinski definition) is 7. The number of benzene rings is 3. The molecule has 168 valence electrons. The zero-order valence-electron chi connectivity index (χ0n) is 17.7. The summed E-state index contributed by atoms with van der Waals surface area (Å²) in [5, 5.41) is 0. The summed E-state index contributed by atoms with van der Waals surface area (Å²) in [7, 11) is -2.48. The first-order valence-corrected chi connectivity index (χ1v) is 11.7. The van der Waals surface area contributed by atoms with Crippen molar-refractivity contribution >= 4 is 32.8 Å². The van der Waals surface area contributed by atoms with E-state index in [9.17, 15) is 13.2 Å². The molecule has 1 aromatic heterocycles. The molecule has 0 spiro atoms. The summed E-state index contributed by atoms with van der Waals surface area (Å²) in [4.78, 5) is 17.1. The van der Waals surface area contributed by atoms with Crippen LogP contribution in [-0.2, 0) is 27.8 Å². The molecule has 33 heavy (non-hydrogen) atoms. The molecule has 0 amide bonds. The van der Waals surface area contributed by atoms with E-state index in [0.717, 1.165) is 5.56 Å². The van der Waals surface area contributed by atoms with E-state index in [2.05, 4.69) is 4.98 Å². The van der Waals surface area contributed by atoms with Gasteiger partial charge in [-0.2, -0.15) is 0 Å². The van der Waals surface area contributed by atoms with E-state index >= 15 is 0 Å². The lowest BCUT2D eigenvalue weighted by atomic mass is 10.2. The summed E-state index contributed by atoms with van der Waals surface area (Å²) in [5.74, 6) is -0.299. The van der Waals surface area contributed by atoms with Gasteiger partial charge in [0.1, 0.15) is 16.8 Å². The molecule has 5 rings (SSSR count). The van der Waals surface area contributed by atoms with Gasteiger partial charge in [-0.25, -0.2) is 18.2 Å². The van der Waals surface area contributed by atoms with Gasteiger partial charge in [-0.3, -0.25) is 4.31 Å². The Kier molecular flexibility index (Phi) is 5.26. The first-order chi connectivity index (χ1) is 16.0. The van der Waals surface area contributed by atoms with Gasteiger partial charge in [0.2, 0.25) is 5.89 Å². The molecule has 4 aromatic rings. The number of fused-ring (bicyclic) bond motifs is 2. The average Bonchev–Trinajstić information content (AvgIpc) is 3.46. The number of aromatic nitrogens is 1. The van der Waals surface area contributed by atoms with E-state index in [-0.39, 0.29) is 28.7 Å². The van der Waals surface area contributed by atoms with Gasteiger partial charge in [0.25, 0.3) is 10.0 Å². The van der Waals surface area contributed by atoms with Crippen molar-refractivity contribution in [3.63, 3.8) is 0 Å². The Balaban J connectivity index is 1.41. The van der Waals surface area contributed by atoms with Crippen LogP contribution in [0.15, 0.2) is 76.0 Å². The van der Waals surface area contributed by atoms with E-state index in [0.29, 0.717) is 29.8 Å². The predicted molar refractivity (Wildman–Crippen MR) is 121 cm³/mol. The van der Waals surface area contributed by atoms with Crippen molar-refractivity contribution in [1.82, 2.24) is 4.98 Å². The van der Waals surface area contributed by atoms with Crippen molar-refractivity contribution in [2.24, 2.45) is 0 Å². The lowest BCUT2D eigenvalue weighted by Gasteiger charge is -2.20. The molecule has 1 aliphatic rings. The normalized spacial score (nSPS) is 13.2. The summed E-state index contributed by atoms with van der Waals surface area (Å²) >= 11 is 0. The highest BCUT2D eigenvalue weighted by molar-refractivity contribution is 7.92. The Morgan fingerprint density at radius 2 is 1.88 bits per heavy atom. The van der Waals surface area contributed by atoms with Gasteiger partial charge in [0.15, 0.2) is 12.2 Å². The van der Waals surface area contributed by atoms with E-state index < -0.39 is 16.0 Å². The monoisotopic (exact) mass is 464 g/mol. The fourth-order valence-corrected chi connectivity index (χ4v) is 5.41. The third kappa shape index (κ3) is 3.80. The molecule has 9 heteroatoms. The number of hydrogen-bond donors (Lipinski definition) is 0. The van der Waals surface area contributed by atoms with Crippen LogP contribution in [0.5, 0.6) is 5.75 Å². The molecule has 0 radical (unpaired) electrons. The molecule has 3 aromatic carbocycles. The number of nitrogens with zero attached hydrogens (tertiary/aromatic N) is 2. The second-order valence-corrected chi connectivity index (χ2v) is 9.33. The smallest absolute Gasteiger partial charge is 0.342 e. The van der Waals surface area contributed by atoms with Crippen molar-refractivity contribution in [1.29, 1.82) is 0 Å². The minimum Gasteiger partial charge on any atom is -0.496 e. The lowest BCUT2D eigenvalue weighted by Crippen LogP contribution is -2.29. The maximum Gasteiger partial charge on any atom is 0.342 e. The number of carbonyl (C=O) groups excluding carboxylic acids is 1. The van der Waals surface area contributed by atoms with Crippen molar-refractivity contribution in [2.45, 2.75) is 17.9 Å². The third-order valence-corrected chi connectivity index (χ3v) is 7.30. The maximum atomic E-state index is 13.4. The summed E-state index contributed by atoms with van der Waals surface area (Å²) < 4.78 is 44.3. The number of rotatable bonds is 6. The van der Waals surface area contributed by atoms with Gasteiger partial charge >= 0.3 is 5.97 Å². The second kappa shape index (κ2) is 8.25. The number of anilines is 1. The molecular formula is C24H20N2O6S.